The molecule has 0 atom stereocenters. The fraction of sp³-hybridized carbons (Fsp3) is 0.211. The van der Waals surface area contributed by atoms with Gasteiger partial charge in [0.1, 0.15) is 0 Å². The van der Waals surface area contributed by atoms with Gasteiger partial charge in [-0.3, -0.25) is 9.52 Å². The molecule has 1 aromatic carbocycles. The minimum absolute atomic E-state index is 0.0706. The zero-order valence-corrected chi connectivity index (χ0v) is 16.3. The van der Waals surface area contributed by atoms with Crippen LogP contribution in [0.15, 0.2) is 53.6 Å². The van der Waals surface area contributed by atoms with E-state index in [-0.39, 0.29) is 5.56 Å². The first-order valence-electron chi connectivity index (χ1n) is 8.59. The Morgan fingerprint density at radius 2 is 2.00 bits per heavy atom. The number of nitrogens with one attached hydrogen (secondary N) is 1. The van der Waals surface area contributed by atoms with Gasteiger partial charge in [-0.15, -0.1) is 0 Å². The number of sulfonamides is 1. The summed E-state index contributed by atoms with van der Waals surface area (Å²) in [7, 11) is -3.43. The average Bonchev–Trinajstić information content (AvgIpc) is 3.12. The molecule has 0 fully saturated rings. The summed E-state index contributed by atoms with van der Waals surface area (Å²) in [5, 5.41) is 14.0. The van der Waals surface area contributed by atoms with Crippen molar-refractivity contribution in [1.29, 1.82) is 5.26 Å². The normalized spacial score (nSPS) is 11.2. The van der Waals surface area contributed by atoms with Crippen LogP contribution in [-0.4, -0.2) is 29.0 Å². The number of aromatic nitrogens is 3. The number of hydrogen-bond donors (Lipinski definition) is 1. The van der Waals surface area contributed by atoms with Crippen LogP contribution in [0.3, 0.4) is 0 Å². The number of pyridine rings is 1. The first kappa shape index (κ1) is 19.4. The van der Waals surface area contributed by atoms with Crippen molar-refractivity contribution in [3.63, 3.8) is 0 Å². The first-order valence-corrected chi connectivity index (χ1v) is 10.5. The van der Waals surface area contributed by atoms with Crippen LogP contribution in [0.25, 0.3) is 16.9 Å². The number of benzene rings is 1. The second-order valence-electron chi connectivity index (χ2n) is 6.31. The SMILES string of the molecule is CCCn1cc(-n2ccc(-c3ccc(NS(C)(=O)=O)cc3C#N)n2)ccc1=O. The summed E-state index contributed by atoms with van der Waals surface area (Å²) in [4.78, 5) is 11.9. The van der Waals surface area contributed by atoms with Gasteiger partial charge >= 0.3 is 0 Å². The van der Waals surface area contributed by atoms with E-state index in [1.165, 1.54) is 12.1 Å². The van der Waals surface area contributed by atoms with E-state index in [1.54, 1.807) is 45.9 Å². The molecule has 3 rings (SSSR count). The minimum Gasteiger partial charge on any atom is -0.313 e. The zero-order chi connectivity index (χ0) is 20.3. The molecule has 0 unspecified atom stereocenters. The van der Waals surface area contributed by atoms with E-state index in [2.05, 4.69) is 15.9 Å². The number of rotatable bonds is 6. The molecule has 0 bridgehead atoms. The molecular formula is C19H19N5O3S. The standard InChI is InChI=1S/C19H19N5O3S/c1-3-9-23-13-16(5-7-19(23)25)24-10-8-18(21-24)17-6-4-15(11-14(17)12-20)22-28(2,26)27/h4-8,10-11,13,22H,3,9H2,1-2H3. The lowest BCUT2D eigenvalue weighted by molar-refractivity contribution is 0.607. The number of anilines is 1. The molecule has 0 aliphatic carbocycles. The van der Waals surface area contributed by atoms with E-state index in [0.717, 1.165) is 18.4 Å². The number of nitrogens with zero attached hydrogens (tertiary/aromatic N) is 4. The quantitative estimate of drug-likeness (QED) is 0.687. The van der Waals surface area contributed by atoms with Gasteiger partial charge in [-0.2, -0.15) is 10.4 Å². The van der Waals surface area contributed by atoms with Crippen LogP contribution >= 0.6 is 0 Å². The van der Waals surface area contributed by atoms with Crippen molar-refractivity contribution in [2.45, 2.75) is 19.9 Å². The van der Waals surface area contributed by atoms with Gasteiger partial charge in [0.2, 0.25) is 10.0 Å². The Kier molecular flexibility index (Phi) is 5.33. The van der Waals surface area contributed by atoms with Crippen LogP contribution in [0.1, 0.15) is 18.9 Å². The molecular weight excluding hydrogens is 378 g/mol. The molecule has 0 aliphatic heterocycles. The maximum Gasteiger partial charge on any atom is 0.250 e. The summed E-state index contributed by atoms with van der Waals surface area (Å²) in [6.07, 6.45) is 5.38. The smallest absolute Gasteiger partial charge is 0.250 e. The molecule has 144 valence electrons. The lowest BCUT2D eigenvalue weighted by Crippen LogP contribution is -2.19. The predicted molar refractivity (Wildman–Crippen MR) is 107 cm³/mol. The monoisotopic (exact) mass is 397 g/mol. The summed E-state index contributed by atoms with van der Waals surface area (Å²) >= 11 is 0. The van der Waals surface area contributed by atoms with Gasteiger partial charge in [-0.1, -0.05) is 6.92 Å². The second-order valence-corrected chi connectivity index (χ2v) is 8.06. The van der Waals surface area contributed by atoms with E-state index in [0.29, 0.717) is 29.1 Å². The fourth-order valence-corrected chi connectivity index (χ4v) is 3.37. The molecule has 1 N–H and O–H groups in total. The first-order chi connectivity index (χ1) is 13.3. The summed E-state index contributed by atoms with van der Waals surface area (Å²) in [5.74, 6) is 0. The maximum absolute atomic E-state index is 11.9. The van der Waals surface area contributed by atoms with Crippen LogP contribution in [0.4, 0.5) is 5.69 Å². The van der Waals surface area contributed by atoms with E-state index in [9.17, 15) is 18.5 Å². The van der Waals surface area contributed by atoms with E-state index in [4.69, 9.17) is 0 Å². The zero-order valence-electron chi connectivity index (χ0n) is 15.5. The highest BCUT2D eigenvalue weighted by Crippen LogP contribution is 2.25. The Hall–Kier alpha value is -3.38. The Morgan fingerprint density at radius 1 is 1.21 bits per heavy atom. The minimum atomic E-state index is -3.43. The summed E-state index contributed by atoms with van der Waals surface area (Å²) < 4.78 is 28.4. The van der Waals surface area contributed by atoms with E-state index in [1.807, 2.05) is 6.92 Å². The molecule has 2 aromatic heterocycles. The fourth-order valence-electron chi connectivity index (χ4n) is 2.82. The van der Waals surface area contributed by atoms with Gasteiger partial charge in [0.25, 0.3) is 5.56 Å². The highest BCUT2D eigenvalue weighted by atomic mass is 32.2. The number of nitriles is 1. The molecule has 0 aliphatic rings. The largest absolute Gasteiger partial charge is 0.313 e. The van der Waals surface area contributed by atoms with Crippen LogP contribution in [0, 0.1) is 11.3 Å². The molecule has 0 amide bonds. The lowest BCUT2D eigenvalue weighted by atomic mass is 10.1. The third-order valence-electron chi connectivity index (χ3n) is 4.01. The van der Waals surface area contributed by atoms with Gasteiger partial charge in [0.15, 0.2) is 0 Å². The molecule has 28 heavy (non-hydrogen) atoms. The average molecular weight is 397 g/mol. The van der Waals surface area contributed by atoms with Crippen LogP contribution in [-0.2, 0) is 16.6 Å². The topological polar surface area (TPSA) is 110 Å². The van der Waals surface area contributed by atoms with Crippen molar-refractivity contribution in [3.8, 4) is 23.0 Å². The van der Waals surface area contributed by atoms with Gasteiger partial charge in [0.05, 0.1) is 29.3 Å². The van der Waals surface area contributed by atoms with Gasteiger partial charge in [-0.05, 0) is 36.8 Å². The van der Waals surface area contributed by atoms with Crippen molar-refractivity contribution in [3.05, 3.63) is 64.7 Å². The predicted octanol–water partition coefficient (Wildman–Crippen LogP) is 2.35. The van der Waals surface area contributed by atoms with Crippen LogP contribution < -0.4 is 10.3 Å². The van der Waals surface area contributed by atoms with Crippen molar-refractivity contribution in [1.82, 2.24) is 14.3 Å². The molecule has 8 nitrogen and oxygen atoms in total. The van der Waals surface area contributed by atoms with Crippen molar-refractivity contribution in [2.24, 2.45) is 0 Å². The molecule has 2 heterocycles. The Bertz CT molecular complexity index is 1220. The van der Waals surface area contributed by atoms with Crippen molar-refractivity contribution in [2.75, 3.05) is 11.0 Å². The third kappa shape index (κ3) is 4.29. The van der Waals surface area contributed by atoms with Gasteiger partial charge in [0, 0.05) is 36.3 Å². The molecule has 0 radical (unpaired) electrons. The molecule has 9 heteroatoms. The highest BCUT2D eigenvalue weighted by Gasteiger charge is 2.12. The third-order valence-corrected chi connectivity index (χ3v) is 4.61. The molecule has 0 spiro atoms. The van der Waals surface area contributed by atoms with Crippen LogP contribution in [0.2, 0.25) is 0 Å². The van der Waals surface area contributed by atoms with Gasteiger partial charge in [-0.25, -0.2) is 13.1 Å². The van der Waals surface area contributed by atoms with Crippen molar-refractivity contribution >= 4 is 15.7 Å². The second kappa shape index (κ2) is 7.70. The van der Waals surface area contributed by atoms with Crippen molar-refractivity contribution < 1.29 is 8.42 Å². The Balaban J connectivity index is 1.97. The lowest BCUT2D eigenvalue weighted by Gasteiger charge is -2.08. The summed E-state index contributed by atoms with van der Waals surface area (Å²) in [5.41, 5.74) is 2.42. The Morgan fingerprint density at radius 3 is 2.68 bits per heavy atom. The van der Waals surface area contributed by atoms with E-state index >= 15 is 0 Å². The highest BCUT2D eigenvalue weighted by molar-refractivity contribution is 7.92. The van der Waals surface area contributed by atoms with Gasteiger partial charge < -0.3 is 4.57 Å². The molecule has 0 saturated heterocycles. The number of hydrogen-bond acceptors (Lipinski definition) is 5. The molecule has 0 saturated carbocycles. The summed E-state index contributed by atoms with van der Waals surface area (Å²) in [6, 6.07) is 11.7. The summed E-state index contributed by atoms with van der Waals surface area (Å²) in [6.45, 7) is 2.62. The number of aryl methyl sites for hydroxylation is 1. The maximum atomic E-state index is 11.9. The Labute approximate surface area is 162 Å². The van der Waals surface area contributed by atoms with Crippen LogP contribution in [0.5, 0.6) is 0 Å². The van der Waals surface area contributed by atoms with E-state index < -0.39 is 10.0 Å². The molecule has 3 aromatic rings.